The highest BCUT2D eigenvalue weighted by atomic mass is 35.5. The summed E-state index contributed by atoms with van der Waals surface area (Å²) in [5.74, 6) is 0. The summed E-state index contributed by atoms with van der Waals surface area (Å²) in [6.45, 7) is 3.44. The van der Waals surface area contributed by atoms with Gasteiger partial charge in [-0.2, -0.15) is 0 Å². The van der Waals surface area contributed by atoms with Crippen molar-refractivity contribution >= 4 is 22.9 Å². The molecule has 0 radical (unpaired) electrons. The smallest absolute Gasteiger partial charge is 0.0515 e. The maximum absolute atomic E-state index is 5.92. The maximum atomic E-state index is 5.92. The van der Waals surface area contributed by atoms with E-state index in [9.17, 15) is 0 Å². The first kappa shape index (κ1) is 10.5. The van der Waals surface area contributed by atoms with Crippen LogP contribution < -0.4 is 5.32 Å². The zero-order valence-electron chi connectivity index (χ0n) is 8.48. The van der Waals surface area contributed by atoms with Crippen LogP contribution >= 0.6 is 22.9 Å². The van der Waals surface area contributed by atoms with E-state index in [2.05, 4.69) is 18.3 Å². The third-order valence-electron chi connectivity index (χ3n) is 3.14. The first-order chi connectivity index (χ1) is 6.74. The molecule has 0 bridgehead atoms. The van der Waals surface area contributed by atoms with E-state index in [0.717, 1.165) is 11.4 Å². The molecule has 1 fully saturated rings. The molecule has 1 aromatic rings. The van der Waals surface area contributed by atoms with Crippen LogP contribution in [0.15, 0.2) is 11.4 Å². The lowest BCUT2D eigenvalue weighted by atomic mass is 9.90. The molecule has 1 unspecified atom stereocenters. The van der Waals surface area contributed by atoms with Crippen LogP contribution in [-0.2, 0) is 6.42 Å². The summed E-state index contributed by atoms with van der Waals surface area (Å²) in [4.78, 5) is 1.41. The highest BCUT2D eigenvalue weighted by molar-refractivity contribution is 7.10. The fourth-order valence-electron chi connectivity index (χ4n) is 2.23. The number of hydrogen-bond donors (Lipinski definition) is 1. The Morgan fingerprint density at radius 1 is 1.64 bits per heavy atom. The molecule has 14 heavy (non-hydrogen) atoms. The Labute approximate surface area is 94.5 Å². The van der Waals surface area contributed by atoms with Gasteiger partial charge in [-0.25, -0.2) is 0 Å². The van der Waals surface area contributed by atoms with Crippen molar-refractivity contribution in [3.63, 3.8) is 0 Å². The van der Waals surface area contributed by atoms with Gasteiger partial charge in [0, 0.05) is 15.8 Å². The van der Waals surface area contributed by atoms with E-state index in [4.69, 9.17) is 11.6 Å². The summed E-state index contributed by atoms with van der Waals surface area (Å²) in [6.07, 6.45) is 4.97. The molecule has 1 saturated heterocycles. The number of halogens is 1. The van der Waals surface area contributed by atoms with Crippen molar-refractivity contribution in [2.45, 2.75) is 38.1 Å². The normalized spacial score (nSPS) is 27.0. The minimum atomic E-state index is 0.355. The first-order valence-corrected chi connectivity index (χ1v) is 6.48. The van der Waals surface area contributed by atoms with E-state index in [1.165, 1.54) is 30.7 Å². The lowest BCUT2D eigenvalue weighted by Crippen LogP contribution is -2.40. The molecule has 0 spiro atoms. The lowest BCUT2D eigenvalue weighted by Gasteiger charge is -2.27. The average Bonchev–Trinajstić information content (AvgIpc) is 2.77. The summed E-state index contributed by atoms with van der Waals surface area (Å²) in [7, 11) is 0. The van der Waals surface area contributed by atoms with Gasteiger partial charge in [-0.1, -0.05) is 18.5 Å². The van der Waals surface area contributed by atoms with Crippen molar-refractivity contribution in [3.05, 3.63) is 21.3 Å². The summed E-state index contributed by atoms with van der Waals surface area (Å²) >= 11 is 7.70. The van der Waals surface area contributed by atoms with Crippen LogP contribution in [0.5, 0.6) is 0 Å². The molecule has 0 saturated carbocycles. The van der Waals surface area contributed by atoms with Gasteiger partial charge in [0.2, 0.25) is 0 Å². The molecule has 1 atom stereocenters. The monoisotopic (exact) mass is 229 g/mol. The van der Waals surface area contributed by atoms with Gasteiger partial charge >= 0.3 is 0 Å². The second-order valence-electron chi connectivity index (χ2n) is 4.07. The van der Waals surface area contributed by atoms with Gasteiger partial charge in [0.05, 0.1) is 5.02 Å². The molecule has 0 amide bonds. The van der Waals surface area contributed by atoms with Crippen LogP contribution in [0.4, 0.5) is 0 Å². The van der Waals surface area contributed by atoms with Crippen LogP contribution in [0.25, 0.3) is 0 Å². The second kappa shape index (κ2) is 4.21. The molecule has 0 aliphatic carbocycles. The summed E-state index contributed by atoms with van der Waals surface area (Å²) in [6, 6.07) is 2.10. The topological polar surface area (TPSA) is 12.0 Å². The predicted octanol–water partition coefficient (Wildman–Crippen LogP) is 3.48. The molecular formula is C11H16ClNS. The molecule has 1 aliphatic heterocycles. The van der Waals surface area contributed by atoms with Crippen molar-refractivity contribution in [3.8, 4) is 0 Å². The molecule has 0 aromatic carbocycles. The fourth-order valence-corrected chi connectivity index (χ4v) is 3.44. The Bertz CT molecular complexity index is 302. The zero-order chi connectivity index (χ0) is 10.0. The van der Waals surface area contributed by atoms with Crippen LogP contribution in [-0.4, -0.2) is 12.1 Å². The molecule has 1 aliphatic rings. The van der Waals surface area contributed by atoms with E-state index in [1.54, 1.807) is 11.3 Å². The highest BCUT2D eigenvalue weighted by Crippen LogP contribution is 2.30. The van der Waals surface area contributed by atoms with Crippen molar-refractivity contribution < 1.29 is 0 Å². The molecule has 78 valence electrons. The van der Waals surface area contributed by atoms with E-state index in [0.29, 0.717) is 5.54 Å². The minimum absolute atomic E-state index is 0.355. The molecular weight excluding hydrogens is 214 g/mol. The average molecular weight is 230 g/mol. The van der Waals surface area contributed by atoms with Gasteiger partial charge in [0.25, 0.3) is 0 Å². The Morgan fingerprint density at radius 3 is 3.00 bits per heavy atom. The summed E-state index contributed by atoms with van der Waals surface area (Å²) < 4.78 is 0. The predicted molar refractivity (Wildman–Crippen MR) is 63.3 cm³/mol. The molecule has 1 nitrogen and oxygen atoms in total. The Kier molecular flexibility index (Phi) is 3.15. The van der Waals surface area contributed by atoms with Crippen LogP contribution in [0.3, 0.4) is 0 Å². The number of hydrogen-bond acceptors (Lipinski definition) is 2. The Hall–Kier alpha value is -0.0500. The fraction of sp³-hybridized carbons (Fsp3) is 0.636. The van der Waals surface area contributed by atoms with E-state index < -0.39 is 0 Å². The lowest BCUT2D eigenvalue weighted by molar-refractivity contribution is 0.362. The van der Waals surface area contributed by atoms with Gasteiger partial charge < -0.3 is 5.32 Å². The second-order valence-corrected chi connectivity index (χ2v) is 5.50. The van der Waals surface area contributed by atoms with Crippen molar-refractivity contribution in [1.82, 2.24) is 5.32 Å². The molecule has 1 aromatic heterocycles. The quantitative estimate of drug-likeness (QED) is 0.837. The largest absolute Gasteiger partial charge is 0.311 e. The maximum Gasteiger partial charge on any atom is 0.0515 e. The summed E-state index contributed by atoms with van der Waals surface area (Å²) in [5, 5.41) is 6.55. The number of thiophene rings is 1. The minimum Gasteiger partial charge on any atom is -0.311 e. The number of nitrogens with one attached hydrogen (secondary N) is 1. The van der Waals surface area contributed by atoms with Crippen molar-refractivity contribution in [2.75, 3.05) is 6.54 Å². The van der Waals surface area contributed by atoms with E-state index in [-0.39, 0.29) is 0 Å². The van der Waals surface area contributed by atoms with Gasteiger partial charge in [-0.05, 0) is 38.3 Å². The first-order valence-electron chi connectivity index (χ1n) is 5.22. The van der Waals surface area contributed by atoms with Crippen molar-refractivity contribution in [2.24, 2.45) is 0 Å². The standard InChI is InChI=1S/C11H16ClNS/c1-2-11(4-3-5-13-11)7-10-6-9(12)8-14-10/h6,8,13H,2-5,7H2,1H3. The van der Waals surface area contributed by atoms with Gasteiger partial charge in [0.1, 0.15) is 0 Å². The van der Waals surface area contributed by atoms with Crippen LogP contribution in [0, 0.1) is 0 Å². The zero-order valence-corrected chi connectivity index (χ0v) is 10.0. The molecule has 3 heteroatoms. The van der Waals surface area contributed by atoms with E-state index in [1.807, 2.05) is 5.38 Å². The van der Waals surface area contributed by atoms with Crippen molar-refractivity contribution in [1.29, 1.82) is 0 Å². The van der Waals surface area contributed by atoms with Gasteiger partial charge in [-0.15, -0.1) is 11.3 Å². The Balaban J connectivity index is 2.08. The molecule has 1 N–H and O–H groups in total. The van der Waals surface area contributed by atoms with Gasteiger partial charge in [0.15, 0.2) is 0 Å². The highest BCUT2D eigenvalue weighted by Gasteiger charge is 2.31. The van der Waals surface area contributed by atoms with Crippen LogP contribution in [0.1, 0.15) is 31.1 Å². The third kappa shape index (κ3) is 2.13. The molecule has 2 heterocycles. The SMILES string of the molecule is CCC1(Cc2cc(Cl)cs2)CCCN1. The summed E-state index contributed by atoms with van der Waals surface area (Å²) in [5.41, 5.74) is 0.355. The third-order valence-corrected chi connectivity index (χ3v) is 4.43. The number of rotatable bonds is 3. The Morgan fingerprint density at radius 2 is 2.50 bits per heavy atom. The van der Waals surface area contributed by atoms with Crippen LogP contribution in [0.2, 0.25) is 5.02 Å². The molecule has 2 rings (SSSR count). The van der Waals surface area contributed by atoms with Gasteiger partial charge in [-0.3, -0.25) is 0 Å². The van der Waals surface area contributed by atoms with E-state index >= 15 is 0 Å².